The highest BCUT2D eigenvalue weighted by Crippen LogP contribution is 2.35. The number of imidazole rings is 1. The highest BCUT2D eigenvalue weighted by Gasteiger charge is 2.31. The number of thiazole rings is 1. The molecule has 31 heavy (non-hydrogen) atoms. The first-order valence-electron chi connectivity index (χ1n) is 10.2. The number of aryl methyl sites for hydroxylation is 1. The van der Waals surface area contributed by atoms with Gasteiger partial charge in [0.2, 0.25) is 5.91 Å². The molecule has 4 heterocycles. The number of hydrogen-bond donors (Lipinski definition) is 0. The second kappa shape index (κ2) is 7.45. The maximum Gasteiger partial charge on any atom is 0.332 e. The summed E-state index contributed by atoms with van der Waals surface area (Å²) in [7, 11) is 2.99. The Morgan fingerprint density at radius 2 is 1.97 bits per heavy atom. The Balaban J connectivity index is 1.49. The molecule has 5 rings (SSSR count). The minimum atomic E-state index is -0.454. The largest absolute Gasteiger partial charge is 0.332 e. The van der Waals surface area contributed by atoms with Gasteiger partial charge < -0.3 is 9.47 Å². The molecular formula is C21H22N6O3S. The van der Waals surface area contributed by atoms with Crippen LogP contribution in [0, 0.1) is 0 Å². The van der Waals surface area contributed by atoms with E-state index in [0.717, 1.165) is 39.1 Å². The molecule has 0 saturated carbocycles. The lowest BCUT2D eigenvalue weighted by Crippen LogP contribution is -2.41. The number of likely N-dealkylation sites (tertiary alicyclic amines) is 1. The predicted octanol–water partition coefficient (Wildman–Crippen LogP) is 1.80. The molecule has 0 aliphatic carbocycles. The fourth-order valence-corrected chi connectivity index (χ4v) is 5.39. The second-order valence-corrected chi connectivity index (χ2v) is 8.93. The van der Waals surface area contributed by atoms with Crippen LogP contribution in [0.3, 0.4) is 0 Å². The molecule has 3 aromatic heterocycles. The number of para-hydroxylation sites is 1. The van der Waals surface area contributed by atoms with Crippen LogP contribution in [0.15, 0.2) is 40.2 Å². The zero-order chi connectivity index (χ0) is 21.7. The number of aromatic nitrogens is 5. The van der Waals surface area contributed by atoms with Crippen molar-refractivity contribution in [2.24, 2.45) is 14.1 Å². The van der Waals surface area contributed by atoms with Crippen molar-refractivity contribution in [3.05, 3.63) is 56.4 Å². The van der Waals surface area contributed by atoms with Crippen molar-refractivity contribution in [1.29, 1.82) is 0 Å². The smallest absolute Gasteiger partial charge is 0.332 e. The van der Waals surface area contributed by atoms with E-state index in [2.05, 4.69) is 4.98 Å². The number of fused-ring (bicyclic) bond motifs is 2. The fourth-order valence-electron chi connectivity index (χ4n) is 4.27. The van der Waals surface area contributed by atoms with Crippen LogP contribution < -0.4 is 11.2 Å². The minimum Gasteiger partial charge on any atom is -0.332 e. The van der Waals surface area contributed by atoms with E-state index >= 15 is 0 Å². The van der Waals surface area contributed by atoms with E-state index in [1.54, 1.807) is 23.0 Å². The average molecular weight is 439 g/mol. The molecule has 1 aliphatic heterocycles. The molecule has 1 atom stereocenters. The third kappa shape index (κ3) is 3.18. The SMILES string of the molecule is Cn1c(=O)c2c(ncn2CC(=O)N2CCCCC2c2nc3ccccc3s2)n(C)c1=O. The van der Waals surface area contributed by atoms with Crippen molar-refractivity contribution < 1.29 is 4.79 Å². The lowest BCUT2D eigenvalue weighted by atomic mass is 10.0. The topological polar surface area (TPSA) is 95.0 Å². The third-order valence-electron chi connectivity index (χ3n) is 5.94. The highest BCUT2D eigenvalue weighted by atomic mass is 32.1. The van der Waals surface area contributed by atoms with E-state index in [4.69, 9.17) is 4.98 Å². The number of benzene rings is 1. The molecule has 0 N–H and O–H groups in total. The van der Waals surface area contributed by atoms with E-state index in [9.17, 15) is 14.4 Å². The van der Waals surface area contributed by atoms with Gasteiger partial charge in [-0.3, -0.25) is 18.7 Å². The van der Waals surface area contributed by atoms with Crippen LogP contribution in [0.25, 0.3) is 21.4 Å². The summed E-state index contributed by atoms with van der Waals surface area (Å²) in [6, 6.07) is 7.92. The molecule has 9 nitrogen and oxygen atoms in total. The first-order valence-corrected chi connectivity index (χ1v) is 11.0. The quantitative estimate of drug-likeness (QED) is 0.486. The first-order chi connectivity index (χ1) is 15.0. The summed E-state index contributed by atoms with van der Waals surface area (Å²) in [6.45, 7) is 0.647. The second-order valence-electron chi connectivity index (χ2n) is 7.87. The van der Waals surface area contributed by atoms with Crippen LogP contribution in [0.5, 0.6) is 0 Å². The molecule has 1 unspecified atom stereocenters. The summed E-state index contributed by atoms with van der Waals surface area (Å²) in [5.74, 6) is -0.0841. The predicted molar refractivity (Wildman–Crippen MR) is 118 cm³/mol. The van der Waals surface area contributed by atoms with Crippen LogP contribution in [0.1, 0.15) is 30.3 Å². The van der Waals surface area contributed by atoms with Gasteiger partial charge in [-0.1, -0.05) is 12.1 Å². The summed E-state index contributed by atoms with van der Waals surface area (Å²) in [5.41, 5.74) is 0.588. The maximum atomic E-state index is 13.3. The summed E-state index contributed by atoms with van der Waals surface area (Å²) < 4.78 is 5.02. The van der Waals surface area contributed by atoms with Crippen molar-refractivity contribution in [2.45, 2.75) is 31.8 Å². The van der Waals surface area contributed by atoms with Crippen molar-refractivity contribution in [1.82, 2.24) is 28.6 Å². The number of hydrogen-bond acceptors (Lipinski definition) is 6. The molecule has 1 amide bonds. The van der Waals surface area contributed by atoms with Gasteiger partial charge in [-0.25, -0.2) is 14.8 Å². The molecule has 1 aliphatic rings. The standard InChI is InChI=1S/C21H22N6O3S/c1-24-18-17(20(29)25(2)21(24)30)26(12-22-18)11-16(28)27-10-6-5-8-14(27)19-23-13-7-3-4-9-15(13)31-19/h3-4,7,9,12,14H,5-6,8,10-11H2,1-2H3. The Morgan fingerprint density at radius 3 is 2.77 bits per heavy atom. The molecule has 10 heteroatoms. The number of amides is 1. The van der Waals surface area contributed by atoms with Gasteiger partial charge in [0.25, 0.3) is 5.56 Å². The molecular weight excluding hydrogens is 416 g/mol. The molecule has 0 spiro atoms. The summed E-state index contributed by atoms with van der Waals surface area (Å²) in [6.07, 6.45) is 4.31. The zero-order valence-electron chi connectivity index (χ0n) is 17.3. The minimum absolute atomic E-state index is 0.00859. The Labute approximate surface area is 181 Å². The van der Waals surface area contributed by atoms with Gasteiger partial charge in [-0.2, -0.15) is 0 Å². The van der Waals surface area contributed by atoms with Gasteiger partial charge in [0, 0.05) is 20.6 Å². The van der Waals surface area contributed by atoms with Crippen LogP contribution in [-0.4, -0.2) is 41.0 Å². The van der Waals surface area contributed by atoms with E-state index in [-0.39, 0.29) is 29.7 Å². The number of carbonyl (C=O) groups excluding carboxylic acids is 1. The van der Waals surface area contributed by atoms with Gasteiger partial charge >= 0.3 is 5.69 Å². The molecule has 1 aromatic carbocycles. The molecule has 1 saturated heterocycles. The first kappa shape index (κ1) is 19.7. The van der Waals surface area contributed by atoms with E-state index < -0.39 is 11.2 Å². The molecule has 0 radical (unpaired) electrons. The number of carbonyl (C=O) groups is 1. The Hall–Kier alpha value is -3.27. The van der Waals surface area contributed by atoms with E-state index in [1.165, 1.54) is 17.9 Å². The molecule has 160 valence electrons. The molecule has 4 aromatic rings. The molecule has 1 fully saturated rings. The Bertz CT molecular complexity index is 1400. The van der Waals surface area contributed by atoms with Crippen molar-refractivity contribution in [2.75, 3.05) is 6.54 Å². The van der Waals surface area contributed by atoms with Crippen LogP contribution in [0.4, 0.5) is 0 Å². The lowest BCUT2D eigenvalue weighted by molar-refractivity contribution is -0.135. The van der Waals surface area contributed by atoms with E-state index in [1.807, 2.05) is 29.2 Å². The van der Waals surface area contributed by atoms with Crippen LogP contribution in [-0.2, 0) is 25.4 Å². The van der Waals surface area contributed by atoms with Gasteiger partial charge in [0.05, 0.1) is 22.6 Å². The van der Waals surface area contributed by atoms with E-state index in [0.29, 0.717) is 6.54 Å². The Kier molecular flexibility index (Phi) is 4.73. The van der Waals surface area contributed by atoms with Gasteiger partial charge in [0.15, 0.2) is 11.2 Å². The number of nitrogens with zero attached hydrogens (tertiary/aromatic N) is 6. The number of piperidine rings is 1. The van der Waals surface area contributed by atoms with Crippen LogP contribution >= 0.6 is 11.3 Å². The lowest BCUT2D eigenvalue weighted by Gasteiger charge is -2.34. The van der Waals surface area contributed by atoms with Gasteiger partial charge in [0.1, 0.15) is 11.6 Å². The number of rotatable bonds is 3. The Morgan fingerprint density at radius 1 is 1.16 bits per heavy atom. The normalized spacial score (nSPS) is 17.0. The van der Waals surface area contributed by atoms with Crippen molar-refractivity contribution in [3.8, 4) is 0 Å². The van der Waals surface area contributed by atoms with Gasteiger partial charge in [-0.05, 0) is 31.4 Å². The van der Waals surface area contributed by atoms with Crippen molar-refractivity contribution >= 4 is 38.6 Å². The summed E-state index contributed by atoms with van der Waals surface area (Å²) >= 11 is 1.63. The summed E-state index contributed by atoms with van der Waals surface area (Å²) in [4.78, 5) is 49.0. The third-order valence-corrected chi connectivity index (χ3v) is 7.08. The van der Waals surface area contributed by atoms with Crippen molar-refractivity contribution in [3.63, 3.8) is 0 Å². The summed E-state index contributed by atoms with van der Waals surface area (Å²) in [5, 5.41) is 0.947. The zero-order valence-corrected chi connectivity index (χ0v) is 18.1. The maximum absolute atomic E-state index is 13.3. The fraction of sp³-hybridized carbons (Fsp3) is 0.381. The van der Waals surface area contributed by atoms with Crippen LogP contribution in [0.2, 0.25) is 0 Å². The molecule has 0 bridgehead atoms. The average Bonchev–Trinajstić information content (AvgIpc) is 3.40. The highest BCUT2D eigenvalue weighted by molar-refractivity contribution is 7.18. The monoisotopic (exact) mass is 438 g/mol. The van der Waals surface area contributed by atoms with Gasteiger partial charge in [-0.15, -0.1) is 11.3 Å².